The molecule has 1 heterocycles. The van der Waals surface area contributed by atoms with Gasteiger partial charge in [0.1, 0.15) is 0 Å². The molecule has 0 saturated heterocycles. The van der Waals surface area contributed by atoms with Gasteiger partial charge < -0.3 is 4.52 Å². The fourth-order valence-corrected chi connectivity index (χ4v) is 2.07. The lowest BCUT2D eigenvalue weighted by Gasteiger charge is -1.96. The first kappa shape index (κ1) is 11.8. The maximum Gasteiger partial charge on any atom is 0.226 e. The number of aromatic nitrogens is 2. The predicted octanol–water partition coefficient (Wildman–Crippen LogP) is 3.83. The summed E-state index contributed by atoms with van der Waals surface area (Å²) in [5, 5.41) is 4.91. The van der Waals surface area contributed by atoms with E-state index in [2.05, 4.69) is 42.0 Å². The zero-order valence-electron chi connectivity index (χ0n) is 8.49. The molecule has 0 aliphatic heterocycles. The molecule has 3 nitrogen and oxygen atoms in total. The number of hydrogen-bond acceptors (Lipinski definition) is 3. The maximum absolute atomic E-state index is 5.17. The van der Waals surface area contributed by atoms with Crippen molar-refractivity contribution in [3.63, 3.8) is 0 Å². The maximum atomic E-state index is 5.17. The van der Waals surface area contributed by atoms with Crippen LogP contribution < -0.4 is 0 Å². The molecule has 1 aromatic carbocycles. The van der Waals surface area contributed by atoms with Crippen LogP contribution in [0.3, 0.4) is 0 Å². The van der Waals surface area contributed by atoms with Crippen molar-refractivity contribution in [1.82, 2.24) is 10.1 Å². The summed E-state index contributed by atoms with van der Waals surface area (Å²) < 4.78 is 6.15. The molecular weight excluding hydrogens is 336 g/mol. The van der Waals surface area contributed by atoms with Crippen molar-refractivity contribution < 1.29 is 4.52 Å². The van der Waals surface area contributed by atoms with Gasteiger partial charge in [0.05, 0.1) is 0 Å². The SMILES string of the molecule is BrCCCc1nc(-c2ccccc2Br)no1. The van der Waals surface area contributed by atoms with Gasteiger partial charge in [-0.2, -0.15) is 4.98 Å². The zero-order chi connectivity index (χ0) is 11.4. The van der Waals surface area contributed by atoms with E-state index in [9.17, 15) is 0 Å². The van der Waals surface area contributed by atoms with E-state index in [4.69, 9.17) is 4.52 Å². The first-order chi connectivity index (χ1) is 7.81. The molecule has 0 atom stereocenters. The van der Waals surface area contributed by atoms with Crippen LogP contribution >= 0.6 is 31.9 Å². The van der Waals surface area contributed by atoms with Crippen LogP contribution in [0.1, 0.15) is 12.3 Å². The Morgan fingerprint density at radius 3 is 2.81 bits per heavy atom. The van der Waals surface area contributed by atoms with Crippen molar-refractivity contribution in [2.24, 2.45) is 0 Å². The molecule has 0 amide bonds. The number of nitrogens with zero attached hydrogens (tertiary/aromatic N) is 2. The van der Waals surface area contributed by atoms with Crippen LogP contribution in [-0.4, -0.2) is 15.5 Å². The highest BCUT2D eigenvalue weighted by Crippen LogP contribution is 2.25. The van der Waals surface area contributed by atoms with Crippen molar-refractivity contribution in [2.75, 3.05) is 5.33 Å². The van der Waals surface area contributed by atoms with Crippen LogP contribution in [0, 0.1) is 0 Å². The van der Waals surface area contributed by atoms with Crippen LogP contribution in [0.25, 0.3) is 11.4 Å². The second-order valence-electron chi connectivity index (χ2n) is 3.28. The Hall–Kier alpha value is -0.680. The van der Waals surface area contributed by atoms with Crippen LogP contribution in [0.4, 0.5) is 0 Å². The number of aryl methyl sites for hydroxylation is 1. The smallest absolute Gasteiger partial charge is 0.226 e. The molecule has 16 heavy (non-hydrogen) atoms. The molecule has 0 saturated carbocycles. The van der Waals surface area contributed by atoms with Gasteiger partial charge in [0.25, 0.3) is 0 Å². The Kier molecular flexibility index (Phi) is 4.12. The summed E-state index contributed by atoms with van der Waals surface area (Å²) in [6.07, 6.45) is 1.81. The summed E-state index contributed by atoms with van der Waals surface area (Å²) in [4.78, 5) is 4.35. The number of rotatable bonds is 4. The van der Waals surface area contributed by atoms with Crippen molar-refractivity contribution in [2.45, 2.75) is 12.8 Å². The van der Waals surface area contributed by atoms with Crippen molar-refractivity contribution in [3.8, 4) is 11.4 Å². The molecule has 0 fully saturated rings. The fraction of sp³-hybridized carbons (Fsp3) is 0.273. The van der Waals surface area contributed by atoms with Crippen LogP contribution in [0.15, 0.2) is 33.3 Å². The van der Waals surface area contributed by atoms with Crippen molar-refractivity contribution in [3.05, 3.63) is 34.6 Å². The van der Waals surface area contributed by atoms with E-state index >= 15 is 0 Å². The second kappa shape index (κ2) is 5.59. The average Bonchev–Trinajstić information content (AvgIpc) is 2.75. The molecule has 0 aliphatic rings. The van der Waals surface area contributed by atoms with E-state index in [1.165, 1.54) is 0 Å². The number of alkyl halides is 1. The topological polar surface area (TPSA) is 38.9 Å². The molecule has 2 rings (SSSR count). The summed E-state index contributed by atoms with van der Waals surface area (Å²) >= 11 is 6.84. The van der Waals surface area contributed by atoms with Gasteiger partial charge in [-0.3, -0.25) is 0 Å². The molecule has 1 aromatic heterocycles. The minimum Gasteiger partial charge on any atom is -0.339 e. The minimum atomic E-state index is 0.636. The van der Waals surface area contributed by atoms with Gasteiger partial charge in [0.2, 0.25) is 11.7 Å². The third-order valence-corrected chi connectivity index (χ3v) is 3.36. The Labute approximate surface area is 111 Å². The summed E-state index contributed by atoms with van der Waals surface area (Å²) in [5.41, 5.74) is 0.955. The second-order valence-corrected chi connectivity index (χ2v) is 4.93. The number of benzene rings is 1. The number of halogens is 2. The lowest BCUT2D eigenvalue weighted by atomic mass is 10.2. The molecule has 84 valence electrons. The van der Waals surface area contributed by atoms with Crippen molar-refractivity contribution >= 4 is 31.9 Å². The Bertz CT molecular complexity index is 471. The monoisotopic (exact) mass is 344 g/mol. The van der Waals surface area contributed by atoms with Crippen LogP contribution in [-0.2, 0) is 6.42 Å². The average molecular weight is 346 g/mol. The number of hydrogen-bond donors (Lipinski definition) is 0. The quantitative estimate of drug-likeness (QED) is 0.790. The summed E-state index contributed by atoms with van der Waals surface area (Å²) in [7, 11) is 0. The normalized spacial score (nSPS) is 10.6. The van der Waals surface area contributed by atoms with E-state index in [0.29, 0.717) is 11.7 Å². The highest BCUT2D eigenvalue weighted by molar-refractivity contribution is 9.10. The largest absolute Gasteiger partial charge is 0.339 e. The third-order valence-electron chi connectivity index (χ3n) is 2.11. The van der Waals surface area contributed by atoms with Gasteiger partial charge in [-0.05, 0) is 18.6 Å². The van der Waals surface area contributed by atoms with Gasteiger partial charge in [0, 0.05) is 21.8 Å². The minimum absolute atomic E-state index is 0.636. The summed E-state index contributed by atoms with van der Waals surface area (Å²) in [6, 6.07) is 7.83. The molecule has 0 aliphatic carbocycles. The lowest BCUT2D eigenvalue weighted by molar-refractivity contribution is 0.378. The van der Waals surface area contributed by atoms with Gasteiger partial charge in [-0.25, -0.2) is 0 Å². The summed E-state index contributed by atoms with van der Waals surface area (Å²) in [5.74, 6) is 1.32. The van der Waals surface area contributed by atoms with Gasteiger partial charge >= 0.3 is 0 Å². The van der Waals surface area contributed by atoms with E-state index in [1.807, 2.05) is 24.3 Å². The highest BCUT2D eigenvalue weighted by Gasteiger charge is 2.10. The van der Waals surface area contributed by atoms with Gasteiger partial charge in [0.15, 0.2) is 0 Å². The Morgan fingerprint density at radius 1 is 1.25 bits per heavy atom. The molecule has 0 bridgehead atoms. The van der Waals surface area contributed by atoms with Gasteiger partial charge in [-0.1, -0.05) is 49.1 Å². The first-order valence-electron chi connectivity index (χ1n) is 4.94. The lowest BCUT2D eigenvalue weighted by Crippen LogP contribution is -1.86. The standard InChI is InChI=1S/C11H10Br2N2O/c12-7-3-6-10-14-11(15-16-10)8-4-1-2-5-9(8)13/h1-2,4-5H,3,6-7H2. The third kappa shape index (κ3) is 2.71. The van der Waals surface area contributed by atoms with E-state index in [-0.39, 0.29) is 0 Å². The molecule has 5 heteroatoms. The molecule has 0 unspecified atom stereocenters. The van der Waals surface area contributed by atoms with E-state index < -0.39 is 0 Å². The molecular formula is C11H10Br2N2O. The van der Waals surface area contributed by atoms with E-state index in [1.54, 1.807) is 0 Å². The first-order valence-corrected chi connectivity index (χ1v) is 6.86. The van der Waals surface area contributed by atoms with Crippen LogP contribution in [0.5, 0.6) is 0 Å². The highest BCUT2D eigenvalue weighted by atomic mass is 79.9. The zero-order valence-corrected chi connectivity index (χ0v) is 11.7. The fourth-order valence-electron chi connectivity index (χ4n) is 1.33. The predicted molar refractivity (Wildman–Crippen MR) is 69.5 cm³/mol. The molecule has 0 N–H and O–H groups in total. The van der Waals surface area contributed by atoms with Crippen molar-refractivity contribution in [1.29, 1.82) is 0 Å². The Morgan fingerprint density at radius 2 is 2.06 bits per heavy atom. The molecule has 0 spiro atoms. The molecule has 0 radical (unpaired) electrons. The molecule has 2 aromatic rings. The van der Waals surface area contributed by atoms with Crippen LogP contribution in [0.2, 0.25) is 0 Å². The van der Waals surface area contributed by atoms with E-state index in [0.717, 1.165) is 28.2 Å². The Balaban J connectivity index is 2.22. The van der Waals surface area contributed by atoms with Gasteiger partial charge in [-0.15, -0.1) is 0 Å². The summed E-state index contributed by atoms with van der Waals surface area (Å²) in [6.45, 7) is 0.